The highest BCUT2D eigenvalue weighted by molar-refractivity contribution is 8.04. The molecule has 0 aromatic heterocycles. The van der Waals surface area contributed by atoms with Gasteiger partial charge >= 0.3 is 0 Å². The second-order valence-electron chi connectivity index (χ2n) is 6.51. The number of carbonyl (C=O) groups excluding carboxylic acids is 2. The fourth-order valence-electron chi connectivity index (χ4n) is 2.89. The largest absolute Gasteiger partial charge is 0.491 e. The molecule has 0 unspecified atom stereocenters. The number of rotatable bonds is 7. The minimum atomic E-state index is -0.887. The SMILES string of the molecule is CC(C)Oc1ccc(C2=C(SCCO)C(=O)N(c3cc(F)ccc3F)C2=O)cc1. The lowest BCUT2D eigenvalue weighted by Gasteiger charge is -2.16. The van der Waals surface area contributed by atoms with Crippen LogP contribution in [0, 0.1) is 11.6 Å². The number of aliphatic hydroxyl groups is 1. The van der Waals surface area contributed by atoms with Gasteiger partial charge in [-0.15, -0.1) is 11.8 Å². The van der Waals surface area contributed by atoms with Crippen molar-refractivity contribution in [1.29, 1.82) is 0 Å². The lowest BCUT2D eigenvalue weighted by molar-refractivity contribution is -0.119. The molecule has 1 N–H and O–H groups in total. The minimum Gasteiger partial charge on any atom is -0.491 e. The van der Waals surface area contributed by atoms with Gasteiger partial charge in [-0.05, 0) is 43.7 Å². The van der Waals surface area contributed by atoms with Crippen molar-refractivity contribution in [3.63, 3.8) is 0 Å². The predicted octanol–water partition coefficient (Wildman–Crippen LogP) is 3.76. The quantitative estimate of drug-likeness (QED) is 0.693. The first-order chi connectivity index (χ1) is 13.8. The average Bonchev–Trinajstić information content (AvgIpc) is 2.92. The molecule has 0 saturated carbocycles. The van der Waals surface area contributed by atoms with Crippen LogP contribution in [0.25, 0.3) is 5.57 Å². The molecule has 0 aliphatic carbocycles. The zero-order valence-corrected chi connectivity index (χ0v) is 16.6. The highest BCUT2D eigenvalue weighted by atomic mass is 32.2. The summed E-state index contributed by atoms with van der Waals surface area (Å²) in [6, 6.07) is 9.17. The topological polar surface area (TPSA) is 66.8 Å². The van der Waals surface area contributed by atoms with E-state index in [4.69, 9.17) is 9.84 Å². The van der Waals surface area contributed by atoms with Crippen LogP contribution in [-0.4, -0.2) is 35.4 Å². The first kappa shape index (κ1) is 21.0. The Kier molecular flexibility index (Phi) is 6.34. The Morgan fingerprint density at radius 1 is 1.07 bits per heavy atom. The summed E-state index contributed by atoms with van der Waals surface area (Å²) in [5, 5.41) is 9.14. The third-order valence-electron chi connectivity index (χ3n) is 4.04. The van der Waals surface area contributed by atoms with Crippen molar-refractivity contribution >= 4 is 34.8 Å². The summed E-state index contributed by atoms with van der Waals surface area (Å²) >= 11 is 0.992. The maximum Gasteiger partial charge on any atom is 0.272 e. The number of benzene rings is 2. The standard InChI is InChI=1S/C21H19F2NO4S/c1-12(2)28-15-6-3-13(4-7-15)18-19(29-10-9-25)21(27)24(20(18)26)17-11-14(22)5-8-16(17)23/h3-8,11-12,25H,9-10H2,1-2H3. The monoisotopic (exact) mass is 419 g/mol. The van der Waals surface area contributed by atoms with Gasteiger partial charge in [0.05, 0.1) is 28.9 Å². The molecule has 2 aromatic carbocycles. The fraction of sp³-hybridized carbons (Fsp3) is 0.238. The summed E-state index contributed by atoms with van der Waals surface area (Å²) in [4.78, 5) is 26.7. The third kappa shape index (κ3) is 4.33. The number of imide groups is 1. The summed E-state index contributed by atoms with van der Waals surface area (Å²) in [6.45, 7) is 3.55. The maximum absolute atomic E-state index is 14.3. The fourth-order valence-corrected chi connectivity index (χ4v) is 3.75. The van der Waals surface area contributed by atoms with Gasteiger partial charge in [-0.2, -0.15) is 0 Å². The van der Waals surface area contributed by atoms with E-state index < -0.39 is 29.1 Å². The van der Waals surface area contributed by atoms with Crippen molar-refractivity contribution in [2.24, 2.45) is 0 Å². The average molecular weight is 419 g/mol. The highest BCUT2D eigenvalue weighted by Crippen LogP contribution is 2.39. The molecule has 5 nitrogen and oxygen atoms in total. The van der Waals surface area contributed by atoms with Crippen LogP contribution in [0.4, 0.5) is 14.5 Å². The third-order valence-corrected chi connectivity index (χ3v) is 5.10. The molecular weight excluding hydrogens is 400 g/mol. The van der Waals surface area contributed by atoms with Crippen molar-refractivity contribution in [1.82, 2.24) is 0 Å². The van der Waals surface area contributed by atoms with Gasteiger partial charge in [0.2, 0.25) is 0 Å². The molecule has 1 aliphatic heterocycles. The lowest BCUT2D eigenvalue weighted by Crippen LogP contribution is -2.32. The van der Waals surface area contributed by atoms with Crippen LogP contribution in [0.2, 0.25) is 0 Å². The Morgan fingerprint density at radius 3 is 2.38 bits per heavy atom. The predicted molar refractivity (Wildman–Crippen MR) is 108 cm³/mol. The summed E-state index contributed by atoms with van der Waals surface area (Å²) in [6.07, 6.45) is -0.0307. The molecule has 0 radical (unpaired) electrons. The van der Waals surface area contributed by atoms with Crippen LogP contribution in [0.15, 0.2) is 47.4 Å². The van der Waals surface area contributed by atoms with Gasteiger partial charge in [0, 0.05) is 11.8 Å². The Morgan fingerprint density at radius 2 is 1.76 bits per heavy atom. The number of nitrogens with zero attached hydrogens (tertiary/aromatic N) is 1. The first-order valence-electron chi connectivity index (χ1n) is 8.92. The molecule has 0 saturated heterocycles. The van der Waals surface area contributed by atoms with Crippen molar-refractivity contribution in [2.75, 3.05) is 17.3 Å². The highest BCUT2D eigenvalue weighted by Gasteiger charge is 2.41. The Bertz CT molecular complexity index is 973. The zero-order valence-electron chi connectivity index (χ0n) is 15.8. The van der Waals surface area contributed by atoms with E-state index in [1.54, 1.807) is 24.3 Å². The van der Waals surface area contributed by atoms with Crippen molar-refractivity contribution in [3.8, 4) is 5.75 Å². The van der Waals surface area contributed by atoms with E-state index in [2.05, 4.69) is 0 Å². The van der Waals surface area contributed by atoms with Crippen LogP contribution in [-0.2, 0) is 9.59 Å². The van der Waals surface area contributed by atoms with Gasteiger partial charge in [0.15, 0.2) is 0 Å². The van der Waals surface area contributed by atoms with Crippen molar-refractivity contribution < 1.29 is 28.2 Å². The van der Waals surface area contributed by atoms with Gasteiger partial charge in [-0.25, -0.2) is 13.7 Å². The van der Waals surface area contributed by atoms with E-state index in [-0.39, 0.29) is 28.9 Å². The maximum atomic E-state index is 14.3. The van der Waals surface area contributed by atoms with Crippen LogP contribution in [0.1, 0.15) is 19.4 Å². The Hall–Kier alpha value is -2.71. The van der Waals surface area contributed by atoms with Gasteiger partial charge in [0.1, 0.15) is 17.4 Å². The molecule has 1 aliphatic rings. The van der Waals surface area contributed by atoms with E-state index in [0.717, 1.165) is 30.0 Å². The van der Waals surface area contributed by atoms with Gasteiger partial charge < -0.3 is 9.84 Å². The Balaban J connectivity index is 2.04. The summed E-state index contributed by atoms with van der Waals surface area (Å²) in [5.41, 5.74) is 0.0734. The number of ether oxygens (including phenoxy) is 1. The molecule has 8 heteroatoms. The van der Waals surface area contributed by atoms with Crippen molar-refractivity contribution in [2.45, 2.75) is 20.0 Å². The second kappa shape index (κ2) is 8.75. The second-order valence-corrected chi connectivity index (χ2v) is 7.61. The molecule has 0 atom stereocenters. The Labute approximate surface area is 171 Å². The van der Waals surface area contributed by atoms with E-state index in [1.807, 2.05) is 13.8 Å². The molecule has 0 bridgehead atoms. The summed E-state index contributed by atoms with van der Waals surface area (Å²) in [5.74, 6) is -2.39. The number of anilines is 1. The molecular formula is C21H19F2NO4S. The lowest BCUT2D eigenvalue weighted by atomic mass is 10.1. The number of hydrogen-bond donors (Lipinski definition) is 1. The van der Waals surface area contributed by atoms with Gasteiger partial charge in [-0.1, -0.05) is 12.1 Å². The molecule has 1 heterocycles. The number of thioether (sulfide) groups is 1. The van der Waals surface area contributed by atoms with Crippen LogP contribution in [0.3, 0.4) is 0 Å². The molecule has 29 heavy (non-hydrogen) atoms. The van der Waals surface area contributed by atoms with Crippen molar-refractivity contribution in [3.05, 3.63) is 64.6 Å². The van der Waals surface area contributed by atoms with Crippen LogP contribution >= 0.6 is 11.8 Å². The van der Waals surface area contributed by atoms with E-state index in [9.17, 15) is 18.4 Å². The van der Waals surface area contributed by atoms with Gasteiger partial charge in [-0.3, -0.25) is 9.59 Å². The summed E-state index contributed by atoms with van der Waals surface area (Å²) < 4.78 is 33.5. The molecule has 0 fully saturated rings. The molecule has 2 aromatic rings. The van der Waals surface area contributed by atoms with E-state index in [0.29, 0.717) is 16.2 Å². The van der Waals surface area contributed by atoms with Gasteiger partial charge in [0.25, 0.3) is 11.8 Å². The smallest absolute Gasteiger partial charge is 0.272 e. The van der Waals surface area contributed by atoms with E-state index in [1.165, 1.54) is 0 Å². The number of halogens is 2. The van der Waals surface area contributed by atoms with Crippen LogP contribution in [0.5, 0.6) is 5.75 Å². The number of hydrogen-bond acceptors (Lipinski definition) is 5. The molecule has 152 valence electrons. The molecule has 0 spiro atoms. The minimum absolute atomic E-state index is 0.0307. The summed E-state index contributed by atoms with van der Waals surface area (Å²) in [7, 11) is 0. The number of carbonyl (C=O) groups is 2. The number of aliphatic hydroxyl groups excluding tert-OH is 1. The zero-order chi connectivity index (χ0) is 21.1. The first-order valence-corrected chi connectivity index (χ1v) is 9.91. The van der Waals surface area contributed by atoms with Crippen LogP contribution < -0.4 is 9.64 Å². The molecule has 2 amide bonds. The van der Waals surface area contributed by atoms with E-state index >= 15 is 0 Å². The molecule has 3 rings (SSSR count). The normalized spacial score (nSPS) is 14.3. The number of amides is 2.